The lowest BCUT2D eigenvalue weighted by Gasteiger charge is -2.24. The standard InChI is InChI=1S/C11H20O2S/c1-11(2,3)14(12,13)10-8-6-4-5-7-9-10/h6,8,10H,4-5,7,9H2,1-3H3/t10-/m1/s1. The van der Waals surface area contributed by atoms with Gasteiger partial charge in [0.15, 0.2) is 9.84 Å². The second kappa shape index (κ2) is 4.05. The van der Waals surface area contributed by atoms with Gasteiger partial charge in [-0.05, 0) is 40.0 Å². The molecule has 0 aromatic carbocycles. The van der Waals surface area contributed by atoms with Gasteiger partial charge in [0.2, 0.25) is 0 Å². The molecule has 0 bridgehead atoms. The molecule has 0 saturated carbocycles. The van der Waals surface area contributed by atoms with Crippen LogP contribution in [0.25, 0.3) is 0 Å². The zero-order chi connectivity index (χ0) is 10.8. The van der Waals surface area contributed by atoms with Crippen molar-refractivity contribution in [1.29, 1.82) is 0 Å². The summed E-state index contributed by atoms with van der Waals surface area (Å²) in [5.41, 5.74) is 0. The van der Waals surface area contributed by atoms with Gasteiger partial charge in [-0.2, -0.15) is 0 Å². The molecule has 14 heavy (non-hydrogen) atoms. The average molecular weight is 216 g/mol. The Morgan fingerprint density at radius 3 is 2.43 bits per heavy atom. The minimum atomic E-state index is -3.01. The van der Waals surface area contributed by atoms with E-state index >= 15 is 0 Å². The van der Waals surface area contributed by atoms with Crippen LogP contribution in [0.1, 0.15) is 46.5 Å². The Morgan fingerprint density at radius 2 is 1.86 bits per heavy atom. The van der Waals surface area contributed by atoms with Gasteiger partial charge in [-0.1, -0.05) is 18.6 Å². The minimum absolute atomic E-state index is 0.259. The lowest BCUT2D eigenvalue weighted by Crippen LogP contribution is -2.36. The van der Waals surface area contributed by atoms with Gasteiger partial charge in [0.25, 0.3) is 0 Å². The third-order valence-corrected chi connectivity index (χ3v) is 5.61. The monoisotopic (exact) mass is 216 g/mol. The first-order chi connectivity index (χ1) is 6.36. The van der Waals surface area contributed by atoms with Crippen LogP contribution >= 0.6 is 0 Å². The van der Waals surface area contributed by atoms with E-state index in [-0.39, 0.29) is 5.25 Å². The van der Waals surface area contributed by atoms with Gasteiger partial charge < -0.3 is 0 Å². The van der Waals surface area contributed by atoms with Crippen LogP contribution in [0.4, 0.5) is 0 Å². The molecule has 0 radical (unpaired) electrons. The molecule has 1 aliphatic rings. The number of allylic oxidation sites excluding steroid dienone is 1. The number of hydrogen-bond acceptors (Lipinski definition) is 2. The third-order valence-electron chi connectivity index (χ3n) is 2.71. The topological polar surface area (TPSA) is 34.1 Å². The molecule has 0 fully saturated rings. The van der Waals surface area contributed by atoms with Crippen molar-refractivity contribution in [1.82, 2.24) is 0 Å². The van der Waals surface area contributed by atoms with Gasteiger partial charge in [0.05, 0.1) is 10.00 Å². The molecule has 0 aromatic rings. The van der Waals surface area contributed by atoms with Gasteiger partial charge >= 0.3 is 0 Å². The Hall–Kier alpha value is -0.310. The zero-order valence-electron chi connectivity index (χ0n) is 9.29. The molecule has 1 atom stereocenters. The lowest BCUT2D eigenvalue weighted by atomic mass is 10.2. The smallest absolute Gasteiger partial charge is 0.161 e. The SMILES string of the molecule is CC(C)(C)S(=O)(=O)[C@@H]1C=CCCCC1. The molecule has 1 rings (SSSR count). The molecule has 3 heteroatoms. The Morgan fingerprint density at radius 1 is 1.21 bits per heavy atom. The molecule has 0 saturated heterocycles. The maximum atomic E-state index is 12.1. The highest BCUT2D eigenvalue weighted by molar-refractivity contribution is 7.93. The molecular formula is C11H20O2S. The lowest BCUT2D eigenvalue weighted by molar-refractivity contribution is 0.545. The molecule has 0 unspecified atom stereocenters. The van der Waals surface area contributed by atoms with E-state index in [4.69, 9.17) is 0 Å². The van der Waals surface area contributed by atoms with Crippen LogP contribution < -0.4 is 0 Å². The first-order valence-corrected chi connectivity index (χ1v) is 6.80. The summed E-state index contributed by atoms with van der Waals surface area (Å²) in [4.78, 5) is 0. The molecular weight excluding hydrogens is 196 g/mol. The molecule has 0 aromatic heterocycles. The summed E-state index contributed by atoms with van der Waals surface area (Å²) in [6.07, 6.45) is 7.85. The predicted octanol–water partition coefficient (Wildman–Crippen LogP) is 2.70. The summed E-state index contributed by atoms with van der Waals surface area (Å²) in [5, 5.41) is -0.259. The highest BCUT2D eigenvalue weighted by Gasteiger charge is 2.35. The maximum absolute atomic E-state index is 12.1. The summed E-state index contributed by atoms with van der Waals surface area (Å²) in [6, 6.07) is 0. The van der Waals surface area contributed by atoms with Crippen molar-refractivity contribution in [2.45, 2.75) is 56.5 Å². The van der Waals surface area contributed by atoms with Gasteiger partial charge in [0, 0.05) is 0 Å². The van der Waals surface area contributed by atoms with Crippen LogP contribution in [0, 0.1) is 0 Å². The van der Waals surface area contributed by atoms with E-state index in [1.54, 1.807) is 20.8 Å². The van der Waals surface area contributed by atoms with Crippen LogP contribution in [0.2, 0.25) is 0 Å². The van der Waals surface area contributed by atoms with Crippen molar-refractivity contribution in [3.63, 3.8) is 0 Å². The molecule has 82 valence electrons. The van der Waals surface area contributed by atoms with Crippen molar-refractivity contribution in [2.75, 3.05) is 0 Å². The van der Waals surface area contributed by atoms with Crippen molar-refractivity contribution in [3.8, 4) is 0 Å². The van der Waals surface area contributed by atoms with Gasteiger partial charge in [-0.15, -0.1) is 0 Å². The van der Waals surface area contributed by atoms with E-state index in [0.717, 1.165) is 25.7 Å². The van der Waals surface area contributed by atoms with Gasteiger partial charge in [-0.25, -0.2) is 8.42 Å². The molecule has 0 spiro atoms. The zero-order valence-corrected chi connectivity index (χ0v) is 10.1. The van der Waals surface area contributed by atoms with E-state index in [2.05, 4.69) is 0 Å². The fourth-order valence-corrected chi connectivity index (χ4v) is 3.37. The average Bonchev–Trinajstić information content (AvgIpc) is 2.29. The second-order valence-electron chi connectivity index (χ2n) is 4.91. The van der Waals surface area contributed by atoms with Crippen LogP contribution in [-0.4, -0.2) is 18.4 Å². The Bertz CT molecular complexity index is 307. The van der Waals surface area contributed by atoms with Gasteiger partial charge in [0.1, 0.15) is 0 Å². The normalized spacial score (nSPS) is 24.6. The Kier molecular flexibility index (Phi) is 3.40. The van der Waals surface area contributed by atoms with E-state index in [0.29, 0.717) is 0 Å². The summed E-state index contributed by atoms with van der Waals surface area (Å²) < 4.78 is 23.6. The van der Waals surface area contributed by atoms with Crippen molar-refractivity contribution in [3.05, 3.63) is 12.2 Å². The Balaban J connectivity index is 2.92. The quantitative estimate of drug-likeness (QED) is 0.632. The molecule has 0 aliphatic heterocycles. The fourth-order valence-electron chi connectivity index (χ4n) is 1.66. The summed E-state index contributed by atoms with van der Waals surface area (Å²) in [5.74, 6) is 0. The first kappa shape index (κ1) is 11.8. The van der Waals surface area contributed by atoms with Crippen molar-refractivity contribution < 1.29 is 8.42 Å². The van der Waals surface area contributed by atoms with Crippen LogP contribution in [0.3, 0.4) is 0 Å². The van der Waals surface area contributed by atoms with Crippen LogP contribution in [0.5, 0.6) is 0 Å². The fraction of sp³-hybridized carbons (Fsp3) is 0.818. The minimum Gasteiger partial charge on any atom is -0.228 e. The van der Waals surface area contributed by atoms with Crippen LogP contribution in [-0.2, 0) is 9.84 Å². The molecule has 2 nitrogen and oxygen atoms in total. The summed E-state index contributed by atoms with van der Waals surface area (Å²) >= 11 is 0. The van der Waals surface area contributed by atoms with E-state index in [1.165, 1.54) is 0 Å². The van der Waals surface area contributed by atoms with Crippen molar-refractivity contribution in [2.24, 2.45) is 0 Å². The molecule has 0 amide bonds. The van der Waals surface area contributed by atoms with Crippen LogP contribution in [0.15, 0.2) is 12.2 Å². The number of rotatable bonds is 1. The first-order valence-electron chi connectivity index (χ1n) is 5.26. The number of sulfone groups is 1. The molecule has 0 N–H and O–H groups in total. The highest BCUT2D eigenvalue weighted by atomic mass is 32.2. The second-order valence-corrected chi connectivity index (χ2v) is 7.83. The van der Waals surface area contributed by atoms with Gasteiger partial charge in [-0.3, -0.25) is 0 Å². The highest BCUT2D eigenvalue weighted by Crippen LogP contribution is 2.26. The summed E-state index contributed by atoms with van der Waals surface area (Å²) in [7, 11) is -3.01. The Labute approximate surface area is 87.3 Å². The predicted molar refractivity (Wildman–Crippen MR) is 60.1 cm³/mol. The maximum Gasteiger partial charge on any atom is 0.161 e. The largest absolute Gasteiger partial charge is 0.228 e. The van der Waals surface area contributed by atoms with E-state index in [1.807, 2.05) is 12.2 Å². The molecule has 1 aliphatic carbocycles. The molecule has 0 heterocycles. The van der Waals surface area contributed by atoms with Crippen molar-refractivity contribution >= 4 is 9.84 Å². The van der Waals surface area contributed by atoms with E-state index < -0.39 is 14.6 Å². The number of hydrogen-bond donors (Lipinski definition) is 0. The summed E-state index contributed by atoms with van der Waals surface area (Å²) in [6.45, 7) is 5.34. The van der Waals surface area contributed by atoms with E-state index in [9.17, 15) is 8.42 Å². The third kappa shape index (κ3) is 2.38.